The first-order valence-corrected chi connectivity index (χ1v) is 5.85. The second kappa shape index (κ2) is 4.38. The highest BCUT2D eigenvalue weighted by atomic mass is 16.6. The van der Waals surface area contributed by atoms with Gasteiger partial charge in [-0.1, -0.05) is 12.2 Å². The lowest BCUT2D eigenvalue weighted by Crippen LogP contribution is -2.73. The van der Waals surface area contributed by atoms with Crippen molar-refractivity contribution in [1.82, 2.24) is 4.90 Å². The minimum Gasteiger partial charge on any atom is -0.480 e. The molecule has 2 unspecified atom stereocenters. The highest BCUT2D eigenvalue weighted by Gasteiger charge is 2.57. The van der Waals surface area contributed by atoms with Crippen molar-refractivity contribution < 1.29 is 19.7 Å². The summed E-state index contributed by atoms with van der Waals surface area (Å²) in [5, 5.41) is 19.4. The molecule has 0 amide bonds. The fraction of sp³-hybridized carbons (Fsp3) is 0.583. The van der Waals surface area contributed by atoms with Gasteiger partial charge in [-0.3, -0.25) is 4.79 Å². The van der Waals surface area contributed by atoms with Gasteiger partial charge in [-0.25, -0.2) is 0 Å². The Morgan fingerprint density at radius 1 is 1.61 bits per heavy atom. The van der Waals surface area contributed by atoms with Gasteiger partial charge in [0, 0.05) is 19.2 Å². The number of carboxylic acid groups (broad SMARTS) is 1. The van der Waals surface area contributed by atoms with Crippen molar-refractivity contribution in [2.75, 3.05) is 13.2 Å². The van der Waals surface area contributed by atoms with E-state index in [1.807, 2.05) is 18.2 Å². The Hall–Kier alpha value is -1.37. The fourth-order valence-electron chi connectivity index (χ4n) is 2.24. The lowest BCUT2D eigenvalue weighted by molar-refractivity contribution is -0.280. The Morgan fingerprint density at radius 3 is 2.67 bits per heavy atom. The van der Waals surface area contributed by atoms with Crippen LogP contribution in [0.4, 0.5) is 0 Å². The number of aliphatic hydroxyl groups is 1. The van der Waals surface area contributed by atoms with E-state index in [2.05, 4.69) is 0 Å². The Labute approximate surface area is 105 Å². The molecule has 3 atom stereocenters. The van der Waals surface area contributed by atoms with Gasteiger partial charge in [0.05, 0.1) is 6.61 Å². The van der Waals surface area contributed by atoms with Crippen LogP contribution in [-0.4, -0.2) is 51.6 Å². The smallest absolute Gasteiger partial charge is 0.326 e. The molecule has 18 heavy (non-hydrogen) atoms. The van der Waals surface area contributed by atoms with Crippen molar-refractivity contribution in [3.63, 3.8) is 0 Å². The number of ether oxygens (including phenoxy) is 1. The number of aliphatic hydroxyl groups excluding tert-OH is 1. The molecule has 6 nitrogen and oxygen atoms in total. The van der Waals surface area contributed by atoms with Crippen LogP contribution in [0.25, 0.3) is 0 Å². The maximum Gasteiger partial charge on any atom is 0.326 e. The summed E-state index contributed by atoms with van der Waals surface area (Å²) in [6.45, 7) is 2.34. The number of carboxylic acids is 1. The second-order valence-electron chi connectivity index (χ2n) is 4.86. The minimum atomic E-state index is -1.75. The standard InChI is InChI=1S/C12H18N2O4/c1-11(13,10(16)17)9(15)12(5-8-18-12)14-6-3-2-4-7-14/h2-4,6,9,15H,5,7-8,13H2,1H3,(H,16,17)/t9?,11-,12?/m0/s1. The monoisotopic (exact) mass is 254 g/mol. The molecule has 0 aliphatic carbocycles. The van der Waals surface area contributed by atoms with Gasteiger partial charge in [0.15, 0.2) is 5.72 Å². The van der Waals surface area contributed by atoms with E-state index >= 15 is 0 Å². The van der Waals surface area contributed by atoms with E-state index in [4.69, 9.17) is 15.6 Å². The molecule has 0 aromatic carbocycles. The summed E-state index contributed by atoms with van der Waals surface area (Å²) in [7, 11) is 0. The van der Waals surface area contributed by atoms with Gasteiger partial charge >= 0.3 is 5.97 Å². The van der Waals surface area contributed by atoms with Gasteiger partial charge < -0.3 is 25.6 Å². The molecule has 0 aromatic heterocycles. The van der Waals surface area contributed by atoms with Crippen molar-refractivity contribution in [1.29, 1.82) is 0 Å². The molecule has 6 heteroatoms. The average Bonchev–Trinajstić information content (AvgIpc) is 2.28. The Bertz CT molecular complexity index is 399. The van der Waals surface area contributed by atoms with Crippen LogP contribution in [0.3, 0.4) is 0 Å². The number of carbonyl (C=O) groups is 1. The summed E-state index contributed by atoms with van der Waals surface area (Å²) < 4.78 is 5.50. The van der Waals surface area contributed by atoms with Gasteiger partial charge in [0.2, 0.25) is 0 Å². The molecular formula is C12H18N2O4. The van der Waals surface area contributed by atoms with E-state index in [1.54, 1.807) is 11.1 Å². The van der Waals surface area contributed by atoms with Gasteiger partial charge in [0.25, 0.3) is 0 Å². The molecule has 2 aliphatic heterocycles. The van der Waals surface area contributed by atoms with Crippen molar-refractivity contribution in [3.05, 3.63) is 24.4 Å². The van der Waals surface area contributed by atoms with E-state index in [-0.39, 0.29) is 0 Å². The lowest BCUT2D eigenvalue weighted by atomic mass is 9.82. The van der Waals surface area contributed by atoms with Crippen LogP contribution in [-0.2, 0) is 9.53 Å². The Morgan fingerprint density at radius 2 is 2.28 bits per heavy atom. The Balaban J connectivity index is 2.25. The van der Waals surface area contributed by atoms with Crippen molar-refractivity contribution in [2.45, 2.75) is 30.7 Å². The van der Waals surface area contributed by atoms with Crippen LogP contribution in [0.2, 0.25) is 0 Å². The van der Waals surface area contributed by atoms with Crippen LogP contribution in [0.1, 0.15) is 13.3 Å². The molecule has 1 saturated heterocycles. The third-order valence-corrected chi connectivity index (χ3v) is 3.57. The number of rotatable bonds is 4. The van der Waals surface area contributed by atoms with E-state index in [1.165, 1.54) is 6.92 Å². The van der Waals surface area contributed by atoms with Gasteiger partial charge in [0.1, 0.15) is 11.6 Å². The third kappa shape index (κ3) is 1.82. The number of hydrogen-bond donors (Lipinski definition) is 3. The molecule has 0 aromatic rings. The molecular weight excluding hydrogens is 236 g/mol. The van der Waals surface area contributed by atoms with Crippen LogP contribution in [0.15, 0.2) is 24.4 Å². The fourth-order valence-corrected chi connectivity index (χ4v) is 2.24. The van der Waals surface area contributed by atoms with E-state index in [0.717, 1.165) is 0 Å². The number of nitrogens with zero attached hydrogens (tertiary/aromatic N) is 1. The third-order valence-electron chi connectivity index (χ3n) is 3.57. The molecule has 0 radical (unpaired) electrons. The molecule has 0 bridgehead atoms. The molecule has 2 rings (SSSR count). The summed E-state index contributed by atoms with van der Waals surface area (Å²) in [6.07, 6.45) is 6.62. The molecule has 1 fully saturated rings. The SMILES string of the molecule is C[C@@](N)(C(=O)O)C(O)C1(N2C=CC=CC2)CCO1. The zero-order valence-electron chi connectivity index (χ0n) is 10.2. The summed E-state index contributed by atoms with van der Waals surface area (Å²) in [4.78, 5) is 12.9. The predicted molar refractivity (Wildman–Crippen MR) is 64.5 cm³/mol. The molecule has 0 saturated carbocycles. The topological polar surface area (TPSA) is 96.0 Å². The van der Waals surface area contributed by atoms with Crippen LogP contribution in [0.5, 0.6) is 0 Å². The molecule has 2 heterocycles. The maximum atomic E-state index is 11.1. The van der Waals surface area contributed by atoms with E-state index in [0.29, 0.717) is 19.6 Å². The molecule has 4 N–H and O–H groups in total. The summed E-state index contributed by atoms with van der Waals surface area (Å²) in [6, 6.07) is 0. The number of allylic oxidation sites excluding steroid dienone is 2. The largest absolute Gasteiger partial charge is 0.480 e. The Kier molecular flexibility index (Phi) is 3.18. The van der Waals surface area contributed by atoms with Crippen LogP contribution >= 0.6 is 0 Å². The second-order valence-corrected chi connectivity index (χ2v) is 4.86. The maximum absolute atomic E-state index is 11.1. The van der Waals surface area contributed by atoms with Gasteiger partial charge in [-0.15, -0.1) is 0 Å². The van der Waals surface area contributed by atoms with E-state index in [9.17, 15) is 9.90 Å². The first-order valence-electron chi connectivity index (χ1n) is 5.85. The van der Waals surface area contributed by atoms with E-state index < -0.39 is 23.3 Å². The number of hydrogen-bond acceptors (Lipinski definition) is 5. The average molecular weight is 254 g/mol. The zero-order chi connectivity index (χ0) is 13.4. The lowest BCUT2D eigenvalue weighted by Gasteiger charge is -2.54. The quantitative estimate of drug-likeness (QED) is 0.634. The van der Waals surface area contributed by atoms with Crippen LogP contribution in [0, 0.1) is 0 Å². The van der Waals surface area contributed by atoms with Gasteiger partial charge in [-0.2, -0.15) is 0 Å². The van der Waals surface area contributed by atoms with Crippen molar-refractivity contribution >= 4 is 5.97 Å². The van der Waals surface area contributed by atoms with Crippen LogP contribution < -0.4 is 5.73 Å². The molecule has 100 valence electrons. The highest BCUT2D eigenvalue weighted by Crippen LogP contribution is 2.38. The zero-order valence-corrected chi connectivity index (χ0v) is 10.2. The number of nitrogens with two attached hydrogens (primary N) is 1. The van der Waals surface area contributed by atoms with Crippen molar-refractivity contribution in [3.8, 4) is 0 Å². The molecule has 0 spiro atoms. The summed E-state index contributed by atoms with van der Waals surface area (Å²) >= 11 is 0. The van der Waals surface area contributed by atoms with Gasteiger partial charge in [-0.05, 0) is 13.0 Å². The minimum absolute atomic E-state index is 0.487. The normalized spacial score (nSPS) is 31.6. The number of aliphatic carboxylic acids is 1. The first-order chi connectivity index (χ1) is 8.41. The summed E-state index contributed by atoms with van der Waals surface area (Å²) in [5.41, 5.74) is 2.91. The highest BCUT2D eigenvalue weighted by molar-refractivity contribution is 5.79. The predicted octanol–water partition coefficient (Wildman–Crippen LogP) is -0.349. The molecule has 2 aliphatic rings. The summed E-state index contributed by atoms with van der Waals surface area (Å²) in [5.74, 6) is -1.25. The first kappa shape index (κ1) is 13.1. The van der Waals surface area contributed by atoms with Crippen molar-refractivity contribution in [2.24, 2.45) is 5.73 Å².